The Kier molecular flexibility index (Phi) is 4.92. The first kappa shape index (κ1) is 14.7. The van der Waals surface area contributed by atoms with Crippen LogP contribution in [0.1, 0.15) is 23.7 Å². The second-order valence-corrected chi connectivity index (χ2v) is 3.96. The molecule has 3 N–H and O–H groups in total. The number of pyridine rings is 1. The molecule has 1 rings (SSSR count). The van der Waals surface area contributed by atoms with Crippen molar-refractivity contribution in [1.82, 2.24) is 4.98 Å². The molecule has 102 valence electrons. The number of anilines is 1. The molecule has 0 aliphatic carbocycles. The fourth-order valence-corrected chi connectivity index (χ4v) is 1.41. The number of halogens is 3. The molecule has 7 heteroatoms. The molecule has 0 aliphatic heterocycles. The maximum Gasteiger partial charge on any atom is 0.411 e. The molecule has 0 aliphatic rings. The van der Waals surface area contributed by atoms with Crippen LogP contribution in [0.15, 0.2) is 12.3 Å². The van der Waals surface area contributed by atoms with Crippen LogP contribution in [0.5, 0.6) is 0 Å². The lowest BCUT2D eigenvalue weighted by atomic mass is 10.1. The Hall–Kier alpha value is -1.34. The minimum Gasteiger partial charge on any atom is -0.388 e. The summed E-state index contributed by atoms with van der Waals surface area (Å²) in [6.45, 7) is 0.262. The van der Waals surface area contributed by atoms with Crippen molar-refractivity contribution < 1.29 is 23.0 Å². The van der Waals surface area contributed by atoms with E-state index in [1.807, 2.05) is 0 Å². The molecule has 1 heterocycles. The predicted molar refractivity (Wildman–Crippen MR) is 59.8 cm³/mol. The smallest absolute Gasteiger partial charge is 0.388 e. The monoisotopic (exact) mass is 264 g/mol. The highest BCUT2D eigenvalue weighted by Crippen LogP contribution is 2.22. The van der Waals surface area contributed by atoms with E-state index in [2.05, 4.69) is 9.72 Å². The fraction of sp³-hybridized carbons (Fsp3) is 0.545. The van der Waals surface area contributed by atoms with Crippen molar-refractivity contribution in [3.8, 4) is 0 Å². The number of aliphatic hydroxyl groups excluding tert-OH is 1. The zero-order chi connectivity index (χ0) is 13.8. The molecule has 1 aromatic rings. The molecule has 0 radical (unpaired) electrons. The van der Waals surface area contributed by atoms with Crippen LogP contribution in [0.3, 0.4) is 0 Å². The van der Waals surface area contributed by atoms with Gasteiger partial charge in [0.15, 0.2) is 0 Å². The number of rotatable bonds is 5. The summed E-state index contributed by atoms with van der Waals surface area (Å²) in [6.07, 6.45) is -3.75. The van der Waals surface area contributed by atoms with Crippen molar-refractivity contribution >= 4 is 5.82 Å². The predicted octanol–water partition coefficient (Wildman–Crippen LogP) is 1.97. The van der Waals surface area contributed by atoms with E-state index in [1.165, 1.54) is 0 Å². The molecule has 0 aromatic carbocycles. The summed E-state index contributed by atoms with van der Waals surface area (Å²) in [5.41, 5.74) is 6.79. The van der Waals surface area contributed by atoms with E-state index in [1.54, 1.807) is 19.2 Å². The van der Waals surface area contributed by atoms with Gasteiger partial charge in [-0.05, 0) is 18.6 Å². The van der Waals surface area contributed by atoms with Gasteiger partial charge in [0.2, 0.25) is 0 Å². The number of hydrogen-bond acceptors (Lipinski definition) is 4. The van der Waals surface area contributed by atoms with Crippen LogP contribution in [0.2, 0.25) is 0 Å². The normalized spacial score (nSPS) is 13.6. The number of aromatic nitrogens is 1. The van der Waals surface area contributed by atoms with Crippen LogP contribution < -0.4 is 5.73 Å². The minimum atomic E-state index is -4.35. The third-order valence-corrected chi connectivity index (χ3v) is 2.25. The molecule has 1 atom stereocenters. The molecule has 18 heavy (non-hydrogen) atoms. The van der Waals surface area contributed by atoms with Gasteiger partial charge < -0.3 is 15.6 Å². The largest absolute Gasteiger partial charge is 0.411 e. The van der Waals surface area contributed by atoms with E-state index < -0.39 is 18.9 Å². The van der Waals surface area contributed by atoms with E-state index in [9.17, 15) is 18.3 Å². The summed E-state index contributed by atoms with van der Waals surface area (Å²) in [4.78, 5) is 3.86. The van der Waals surface area contributed by atoms with E-state index in [0.29, 0.717) is 5.56 Å². The van der Waals surface area contributed by atoms with Crippen LogP contribution in [-0.4, -0.2) is 29.5 Å². The van der Waals surface area contributed by atoms with Crippen molar-refractivity contribution in [1.29, 1.82) is 0 Å². The third kappa shape index (κ3) is 4.89. The van der Waals surface area contributed by atoms with Gasteiger partial charge in [-0.15, -0.1) is 0 Å². The topological polar surface area (TPSA) is 68.4 Å². The van der Waals surface area contributed by atoms with Crippen LogP contribution in [-0.2, 0) is 4.74 Å². The molecule has 0 spiro atoms. The van der Waals surface area contributed by atoms with Gasteiger partial charge in [-0.1, -0.05) is 0 Å². The van der Waals surface area contributed by atoms with E-state index in [0.717, 1.165) is 5.56 Å². The molecule has 0 saturated heterocycles. The van der Waals surface area contributed by atoms with Crippen LogP contribution >= 0.6 is 0 Å². The van der Waals surface area contributed by atoms with Gasteiger partial charge in [0.05, 0.1) is 6.10 Å². The lowest BCUT2D eigenvalue weighted by molar-refractivity contribution is -0.175. The summed E-state index contributed by atoms with van der Waals surface area (Å²) < 4.78 is 39.8. The summed E-state index contributed by atoms with van der Waals surface area (Å²) >= 11 is 0. The van der Waals surface area contributed by atoms with Gasteiger partial charge in [0.1, 0.15) is 12.4 Å². The first-order chi connectivity index (χ1) is 8.29. The SMILES string of the molecule is Cc1cnc(N)c(C(O)CCOCC(F)(F)F)c1. The van der Waals surface area contributed by atoms with Crippen molar-refractivity contribution in [2.75, 3.05) is 18.9 Å². The molecule has 4 nitrogen and oxygen atoms in total. The molecule has 0 amide bonds. The van der Waals surface area contributed by atoms with Crippen LogP contribution in [0, 0.1) is 6.92 Å². The zero-order valence-electron chi connectivity index (χ0n) is 9.87. The van der Waals surface area contributed by atoms with Gasteiger partial charge in [0, 0.05) is 24.8 Å². The van der Waals surface area contributed by atoms with Gasteiger partial charge in [-0.2, -0.15) is 13.2 Å². The summed E-state index contributed by atoms with van der Waals surface area (Å²) in [6, 6.07) is 1.65. The Bertz CT molecular complexity index is 396. The number of nitrogen functional groups attached to an aromatic ring is 1. The summed E-state index contributed by atoms with van der Waals surface area (Å²) in [7, 11) is 0. The Morgan fingerprint density at radius 1 is 1.50 bits per heavy atom. The average Bonchev–Trinajstić information content (AvgIpc) is 2.26. The minimum absolute atomic E-state index is 0.0331. The van der Waals surface area contributed by atoms with Gasteiger partial charge in [-0.3, -0.25) is 0 Å². The Labute approximate surface area is 103 Å². The van der Waals surface area contributed by atoms with E-state index in [-0.39, 0.29) is 18.8 Å². The number of nitrogens with zero attached hydrogens (tertiary/aromatic N) is 1. The highest BCUT2D eigenvalue weighted by molar-refractivity contribution is 5.42. The van der Waals surface area contributed by atoms with Crippen LogP contribution in [0.25, 0.3) is 0 Å². The number of ether oxygens (including phenoxy) is 1. The van der Waals surface area contributed by atoms with Gasteiger partial charge >= 0.3 is 6.18 Å². The average molecular weight is 264 g/mol. The van der Waals surface area contributed by atoms with Crippen molar-refractivity contribution in [3.63, 3.8) is 0 Å². The third-order valence-electron chi connectivity index (χ3n) is 2.25. The lowest BCUT2D eigenvalue weighted by Gasteiger charge is -2.14. The molecule has 1 unspecified atom stereocenters. The maximum atomic E-state index is 11.8. The second kappa shape index (κ2) is 6.01. The molecule has 0 bridgehead atoms. The molecule has 1 aromatic heterocycles. The van der Waals surface area contributed by atoms with Crippen molar-refractivity contribution in [2.24, 2.45) is 0 Å². The van der Waals surface area contributed by atoms with E-state index >= 15 is 0 Å². The first-order valence-corrected chi connectivity index (χ1v) is 5.34. The fourth-order valence-electron chi connectivity index (χ4n) is 1.41. The summed E-state index contributed by atoms with van der Waals surface area (Å²) in [5, 5.41) is 9.77. The van der Waals surface area contributed by atoms with Crippen molar-refractivity contribution in [2.45, 2.75) is 25.6 Å². The van der Waals surface area contributed by atoms with Crippen LogP contribution in [0.4, 0.5) is 19.0 Å². The number of aliphatic hydroxyl groups is 1. The number of nitrogens with two attached hydrogens (primary N) is 1. The molecular formula is C11H15F3N2O2. The summed E-state index contributed by atoms with van der Waals surface area (Å²) in [5.74, 6) is 0.170. The zero-order valence-corrected chi connectivity index (χ0v) is 9.87. The van der Waals surface area contributed by atoms with E-state index in [4.69, 9.17) is 5.73 Å². The number of hydrogen-bond donors (Lipinski definition) is 2. The Morgan fingerprint density at radius 3 is 2.78 bits per heavy atom. The molecule has 0 fully saturated rings. The number of alkyl halides is 3. The van der Waals surface area contributed by atoms with Gasteiger partial charge in [-0.25, -0.2) is 4.98 Å². The molecular weight excluding hydrogens is 249 g/mol. The van der Waals surface area contributed by atoms with Crippen molar-refractivity contribution in [3.05, 3.63) is 23.4 Å². The first-order valence-electron chi connectivity index (χ1n) is 5.34. The maximum absolute atomic E-state index is 11.8. The highest BCUT2D eigenvalue weighted by atomic mass is 19.4. The second-order valence-electron chi connectivity index (χ2n) is 3.96. The van der Waals surface area contributed by atoms with Gasteiger partial charge in [0.25, 0.3) is 0 Å². The quantitative estimate of drug-likeness (QED) is 0.798. The Balaban J connectivity index is 2.45. The highest BCUT2D eigenvalue weighted by Gasteiger charge is 2.27. The molecule has 0 saturated carbocycles. The Morgan fingerprint density at radius 2 is 2.17 bits per heavy atom. The lowest BCUT2D eigenvalue weighted by Crippen LogP contribution is -2.18. The standard InChI is InChI=1S/C11H15F3N2O2/c1-7-4-8(10(15)16-5-7)9(17)2-3-18-6-11(12,13)14/h4-5,9,17H,2-3,6H2,1H3,(H2,15,16). The number of aryl methyl sites for hydroxylation is 1.